The van der Waals surface area contributed by atoms with Crippen LogP contribution in [0.2, 0.25) is 0 Å². The van der Waals surface area contributed by atoms with E-state index < -0.39 is 5.82 Å². The zero-order valence-corrected chi connectivity index (χ0v) is 12.9. The van der Waals surface area contributed by atoms with Gasteiger partial charge in [0.2, 0.25) is 0 Å². The smallest absolute Gasteiger partial charge is 0.256 e. The van der Waals surface area contributed by atoms with Crippen molar-refractivity contribution >= 4 is 0 Å². The minimum absolute atomic E-state index is 0.00816. The summed E-state index contributed by atoms with van der Waals surface area (Å²) in [5, 5.41) is 2.92. The molecular weight excluding hydrogens is 267 g/mol. The zero-order valence-electron chi connectivity index (χ0n) is 12.9. The highest BCUT2D eigenvalue weighted by Gasteiger charge is 2.15. The lowest BCUT2D eigenvalue weighted by molar-refractivity contribution is 0.416. The normalized spacial score (nSPS) is 11.5. The summed E-state index contributed by atoms with van der Waals surface area (Å²) in [6, 6.07) is 9.32. The minimum atomic E-state index is -0.423. The molecule has 21 heavy (non-hydrogen) atoms. The average Bonchev–Trinajstić information content (AvgIpc) is 2.43. The molecule has 112 valence electrons. The summed E-state index contributed by atoms with van der Waals surface area (Å²) in [4.78, 5) is 3.98. The molecule has 0 spiro atoms. The van der Waals surface area contributed by atoms with Gasteiger partial charge in [0.1, 0.15) is 5.75 Å². The highest BCUT2D eigenvalue weighted by Crippen LogP contribution is 2.29. The third kappa shape index (κ3) is 3.79. The first kappa shape index (κ1) is 15.4. The molecule has 0 unspecified atom stereocenters. The van der Waals surface area contributed by atoms with Crippen LogP contribution < -0.4 is 10.1 Å². The Kier molecular flexibility index (Phi) is 4.58. The molecule has 2 aromatic rings. The van der Waals surface area contributed by atoms with E-state index in [0.717, 1.165) is 5.56 Å². The van der Waals surface area contributed by atoms with E-state index in [1.165, 1.54) is 0 Å². The summed E-state index contributed by atoms with van der Waals surface area (Å²) in [7, 11) is 1.77. The van der Waals surface area contributed by atoms with Crippen molar-refractivity contribution < 1.29 is 9.13 Å². The van der Waals surface area contributed by atoms with E-state index in [1.54, 1.807) is 25.4 Å². The lowest BCUT2D eigenvalue weighted by atomic mass is 9.87. The maximum absolute atomic E-state index is 14.3. The van der Waals surface area contributed by atoms with Gasteiger partial charge in [0.05, 0.1) is 0 Å². The number of ether oxygens (including phenoxy) is 1. The van der Waals surface area contributed by atoms with Gasteiger partial charge >= 0.3 is 0 Å². The number of rotatable bonds is 4. The Labute approximate surface area is 125 Å². The summed E-state index contributed by atoms with van der Waals surface area (Å²) in [6.07, 6.45) is 1.55. The average molecular weight is 288 g/mol. The second-order valence-corrected chi connectivity index (χ2v) is 6.00. The summed E-state index contributed by atoms with van der Waals surface area (Å²) in [5.41, 5.74) is 1.68. The molecule has 0 saturated carbocycles. The van der Waals surface area contributed by atoms with E-state index in [4.69, 9.17) is 4.74 Å². The molecule has 1 aromatic heterocycles. The van der Waals surface area contributed by atoms with Crippen LogP contribution in [0.5, 0.6) is 11.6 Å². The van der Waals surface area contributed by atoms with Gasteiger partial charge in [-0.3, -0.25) is 0 Å². The predicted octanol–water partition coefficient (Wildman–Crippen LogP) is 4.03. The van der Waals surface area contributed by atoms with Gasteiger partial charge in [-0.25, -0.2) is 9.37 Å². The van der Waals surface area contributed by atoms with E-state index in [9.17, 15) is 4.39 Å². The van der Waals surface area contributed by atoms with E-state index in [1.807, 2.05) is 18.2 Å². The molecule has 0 amide bonds. The lowest BCUT2D eigenvalue weighted by Crippen LogP contribution is -2.11. The van der Waals surface area contributed by atoms with Crippen LogP contribution in [0.25, 0.3) is 0 Å². The molecule has 0 radical (unpaired) electrons. The van der Waals surface area contributed by atoms with Crippen LogP contribution in [0.4, 0.5) is 4.39 Å². The summed E-state index contributed by atoms with van der Waals surface area (Å²) < 4.78 is 19.9. The number of nitrogens with zero attached hydrogens (tertiary/aromatic N) is 1. The summed E-state index contributed by atoms with van der Waals surface area (Å²) in [5.74, 6) is 0.178. The van der Waals surface area contributed by atoms with Crippen LogP contribution in [-0.2, 0) is 12.0 Å². The fourth-order valence-electron chi connectivity index (χ4n) is 2.00. The fraction of sp³-hybridized carbons (Fsp3) is 0.353. The van der Waals surface area contributed by atoms with Crippen LogP contribution in [0, 0.1) is 5.82 Å². The summed E-state index contributed by atoms with van der Waals surface area (Å²) >= 11 is 0. The fourth-order valence-corrected chi connectivity index (χ4v) is 2.00. The maximum atomic E-state index is 14.3. The standard InChI is InChI=1S/C17H21FN2O/c1-17(2,3)13-6-5-7-14(10-13)21-16-15(18)12(11-19-4)8-9-20-16/h5-10,19H,11H2,1-4H3. The number of nitrogens with one attached hydrogen (secondary N) is 1. The van der Waals surface area contributed by atoms with Crippen molar-refractivity contribution in [3.05, 3.63) is 53.5 Å². The Hall–Kier alpha value is -1.94. The second-order valence-electron chi connectivity index (χ2n) is 6.00. The molecule has 0 atom stereocenters. The number of halogens is 1. The molecule has 0 aliphatic carbocycles. The van der Waals surface area contributed by atoms with Gasteiger partial charge in [0.15, 0.2) is 5.82 Å². The molecule has 1 aromatic carbocycles. The topological polar surface area (TPSA) is 34.2 Å². The van der Waals surface area contributed by atoms with Crippen molar-refractivity contribution in [2.75, 3.05) is 7.05 Å². The van der Waals surface area contributed by atoms with Crippen LogP contribution in [0.1, 0.15) is 31.9 Å². The molecule has 1 N–H and O–H groups in total. The van der Waals surface area contributed by atoms with Gasteiger partial charge in [-0.1, -0.05) is 32.9 Å². The quantitative estimate of drug-likeness (QED) is 0.922. The van der Waals surface area contributed by atoms with Crippen LogP contribution in [-0.4, -0.2) is 12.0 Å². The molecule has 0 saturated heterocycles. The van der Waals surface area contributed by atoms with Crippen molar-refractivity contribution in [3.8, 4) is 11.6 Å². The Morgan fingerprint density at radius 2 is 2.00 bits per heavy atom. The predicted molar refractivity (Wildman–Crippen MR) is 82.2 cm³/mol. The molecule has 0 bridgehead atoms. The maximum Gasteiger partial charge on any atom is 0.256 e. The van der Waals surface area contributed by atoms with E-state index in [0.29, 0.717) is 17.9 Å². The SMILES string of the molecule is CNCc1ccnc(Oc2cccc(C(C)(C)C)c2)c1F. The van der Waals surface area contributed by atoms with Crippen molar-refractivity contribution in [2.45, 2.75) is 32.7 Å². The van der Waals surface area contributed by atoms with Crippen LogP contribution in [0.15, 0.2) is 36.5 Å². The first-order valence-corrected chi connectivity index (χ1v) is 6.98. The first-order valence-electron chi connectivity index (χ1n) is 6.98. The van der Waals surface area contributed by atoms with Gasteiger partial charge in [0, 0.05) is 18.3 Å². The monoisotopic (exact) mass is 288 g/mol. The van der Waals surface area contributed by atoms with E-state index in [-0.39, 0.29) is 11.3 Å². The third-order valence-corrected chi connectivity index (χ3v) is 3.22. The van der Waals surface area contributed by atoms with Crippen LogP contribution in [0.3, 0.4) is 0 Å². The molecule has 3 nitrogen and oxygen atoms in total. The second kappa shape index (κ2) is 6.22. The first-order chi connectivity index (χ1) is 9.91. The number of hydrogen-bond donors (Lipinski definition) is 1. The van der Waals surface area contributed by atoms with Crippen molar-refractivity contribution in [1.29, 1.82) is 0 Å². The van der Waals surface area contributed by atoms with Gasteiger partial charge < -0.3 is 10.1 Å². The third-order valence-electron chi connectivity index (χ3n) is 3.22. The Balaban J connectivity index is 2.28. The van der Waals surface area contributed by atoms with Gasteiger partial charge in [-0.2, -0.15) is 0 Å². The highest BCUT2D eigenvalue weighted by molar-refractivity contribution is 5.36. The van der Waals surface area contributed by atoms with Gasteiger partial charge in [-0.15, -0.1) is 0 Å². The molecule has 0 fully saturated rings. The number of pyridine rings is 1. The zero-order chi connectivity index (χ0) is 15.5. The van der Waals surface area contributed by atoms with Gasteiger partial charge in [0.25, 0.3) is 5.88 Å². The van der Waals surface area contributed by atoms with Gasteiger partial charge in [-0.05, 0) is 36.2 Å². The molecule has 4 heteroatoms. The molecule has 1 heterocycles. The Bertz CT molecular complexity index is 620. The molecule has 0 aliphatic heterocycles. The molecule has 0 aliphatic rings. The Morgan fingerprint density at radius 1 is 1.24 bits per heavy atom. The van der Waals surface area contributed by atoms with Crippen molar-refractivity contribution in [2.24, 2.45) is 0 Å². The molecule has 2 rings (SSSR count). The summed E-state index contributed by atoms with van der Waals surface area (Å²) in [6.45, 7) is 6.81. The number of hydrogen-bond acceptors (Lipinski definition) is 3. The highest BCUT2D eigenvalue weighted by atomic mass is 19.1. The Morgan fingerprint density at radius 3 is 2.67 bits per heavy atom. The van der Waals surface area contributed by atoms with Crippen molar-refractivity contribution in [3.63, 3.8) is 0 Å². The number of aromatic nitrogens is 1. The van der Waals surface area contributed by atoms with Crippen molar-refractivity contribution in [1.82, 2.24) is 10.3 Å². The molecular formula is C17H21FN2O. The minimum Gasteiger partial charge on any atom is -0.436 e. The largest absolute Gasteiger partial charge is 0.436 e. The van der Waals surface area contributed by atoms with E-state index >= 15 is 0 Å². The van der Waals surface area contributed by atoms with E-state index in [2.05, 4.69) is 31.1 Å². The van der Waals surface area contributed by atoms with Crippen LogP contribution >= 0.6 is 0 Å². The number of benzene rings is 1. The lowest BCUT2D eigenvalue weighted by Gasteiger charge is -2.19.